The molecule has 2 N–H and O–H groups in total. The molecule has 0 bridgehead atoms. The molecule has 1 saturated carbocycles. The van der Waals surface area contributed by atoms with Gasteiger partial charge in [-0.15, -0.1) is 0 Å². The van der Waals surface area contributed by atoms with Gasteiger partial charge >= 0.3 is 0 Å². The van der Waals surface area contributed by atoms with Crippen LogP contribution in [0.3, 0.4) is 0 Å². The fourth-order valence-corrected chi connectivity index (χ4v) is 3.16. The number of rotatable bonds is 4. The van der Waals surface area contributed by atoms with Crippen molar-refractivity contribution >= 4 is 33.5 Å². The Morgan fingerprint density at radius 3 is 2.74 bits per heavy atom. The number of halogens is 1. The van der Waals surface area contributed by atoms with E-state index in [9.17, 15) is 4.79 Å². The molecular weight excluding hydrogens is 356 g/mol. The summed E-state index contributed by atoms with van der Waals surface area (Å²) in [6.07, 6.45) is 4.48. The number of nitrogens with zero attached hydrogens (tertiary/aromatic N) is 2. The molecule has 1 aromatic heterocycles. The lowest BCUT2D eigenvalue weighted by molar-refractivity contribution is 0.0932. The van der Waals surface area contributed by atoms with E-state index < -0.39 is 0 Å². The average Bonchev–Trinajstić information content (AvgIpc) is 2.99. The van der Waals surface area contributed by atoms with Crippen molar-refractivity contribution in [2.75, 3.05) is 5.32 Å². The maximum absolute atomic E-state index is 12.4. The van der Waals surface area contributed by atoms with E-state index in [1.54, 1.807) is 6.07 Å². The van der Waals surface area contributed by atoms with Gasteiger partial charge in [-0.3, -0.25) is 4.79 Å². The summed E-state index contributed by atoms with van der Waals surface area (Å²) in [4.78, 5) is 21.1. The van der Waals surface area contributed by atoms with Crippen LogP contribution in [0.25, 0.3) is 0 Å². The molecule has 1 aliphatic rings. The van der Waals surface area contributed by atoms with Gasteiger partial charge in [-0.05, 0) is 44.0 Å². The highest BCUT2D eigenvalue weighted by Crippen LogP contribution is 2.20. The lowest BCUT2D eigenvalue weighted by Crippen LogP contribution is -2.33. The van der Waals surface area contributed by atoms with E-state index in [4.69, 9.17) is 0 Å². The monoisotopic (exact) mass is 374 g/mol. The highest BCUT2D eigenvalue weighted by molar-refractivity contribution is 9.10. The van der Waals surface area contributed by atoms with E-state index in [0.717, 1.165) is 28.7 Å². The van der Waals surface area contributed by atoms with Crippen LogP contribution in [0.2, 0.25) is 0 Å². The quantitative estimate of drug-likeness (QED) is 0.849. The number of amides is 1. The summed E-state index contributed by atoms with van der Waals surface area (Å²) in [5.74, 6) is 0.305. The normalized spacial score (nSPS) is 14.7. The minimum Gasteiger partial charge on any atom is -0.348 e. The number of aromatic nitrogens is 2. The Morgan fingerprint density at radius 1 is 1.22 bits per heavy atom. The maximum atomic E-state index is 12.4. The van der Waals surface area contributed by atoms with Crippen molar-refractivity contribution in [2.45, 2.75) is 38.6 Å². The van der Waals surface area contributed by atoms with Crippen molar-refractivity contribution < 1.29 is 4.79 Å². The molecule has 0 saturated heterocycles. The second-order valence-corrected chi connectivity index (χ2v) is 6.72. The summed E-state index contributed by atoms with van der Waals surface area (Å²) in [6.45, 7) is 1.86. The van der Waals surface area contributed by atoms with Crippen LogP contribution in [0, 0.1) is 6.92 Å². The van der Waals surface area contributed by atoms with Gasteiger partial charge in [0.25, 0.3) is 5.91 Å². The number of hydrogen-bond acceptors (Lipinski definition) is 4. The Balaban J connectivity index is 1.76. The maximum Gasteiger partial charge on any atom is 0.270 e. The molecule has 0 atom stereocenters. The Labute approximate surface area is 144 Å². The van der Waals surface area contributed by atoms with Gasteiger partial charge in [0, 0.05) is 21.9 Å². The van der Waals surface area contributed by atoms with Crippen molar-refractivity contribution in [2.24, 2.45) is 0 Å². The first kappa shape index (κ1) is 15.9. The van der Waals surface area contributed by atoms with E-state index in [2.05, 4.69) is 36.5 Å². The van der Waals surface area contributed by atoms with Gasteiger partial charge in [-0.2, -0.15) is 0 Å². The molecule has 3 rings (SSSR count). The average molecular weight is 375 g/mol. The molecule has 1 heterocycles. The lowest BCUT2D eigenvalue weighted by atomic mass is 10.2. The predicted octanol–water partition coefficient (Wildman–Crippen LogP) is 3.96. The highest BCUT2D eigenvalue weighted by atomic mass is 79.9. The molecule has 1 fully saturated rings. The number of anilines is 2. The SMILES string of the molecule is Cc1cc(C(=O)NC2CCCC2)nc(Nc2cccc(Br)c2)n1. The van der Waals surface area contributed by atoms with Crippen LogP contribution in [0.1, 0.15) is 41.9 Å². The number of carbonyl (C=O) groups excluding carboxylic acids is 1. The number of hydrogen-bond donors (Lipinski definition) is 2. The standard InChI is InChI=1S/C17H19BrN4O/c1-11-9-15(16(23)20-13-6-2-3-7-13)22-17(19-11)21-14-8-4-5-12(18)10-14/h4-5,8-10,13H,2-3,6-7H2,1H3,(H,20,23)(H,19,21,22). The molecule has 6 heteroatoms. The van der Waals surface area contributed by atoms with Gasteiger partial charge in [0.05, 0.1) is 0 Å². The van der Waals surface area contributed by atoms with E-state index in [1.165, 1.54) is 12.8 Å². The molecule has 120 valence electrons. The predicted molar refractivity (Wildman–Crippen MR) is 93.9 cm³/mol. The minimum atomic E-state index is -0.125. The van der Waals surface area contributed by atoms with E-state index in [1.807, 2.05) is 31.2 Å². The molecule has 1 amide bonds. The minimum absolute atomic E-state index is 0.125. The zero-order chi connectivity index (χ0) is 16.2. The molecule has 23 heavy (non-hydrogen) atoms. The first-order valence-corrected chi connectivity index (χ1v) is 8.58. The molecule has 0 radical (unpaired) electrons. The summed E-state index contributed by atoms with van der Waals surface area (Å²) < 4.78 is 0.967. The first-order chi connectivity index (χ1) is 11.1. The highest BCUT2D eigenvalue weighted by Gasteiger charge is 2.19. The van der Waals surface area contributed by atoms with Gasteiger partial charge in [0.1, 0.15) is 5.69 Å². The van der Waals surface area contributed by atoms with Crippen LogP contribution in [-0.2, 0) is 0 Å². The fraction of sp³-hybridized carbons (Fsp3) is 0.353. The third-order valence-electron chi connectivity index (χ3n) is 3.86. The van der Waals surface area contributed by atoms with Gasteiger partial charge in [0.15, 0.2) is 0 Å². The summed E-state index contributed by atoms with van der Waals surface area (Å²) in [5, 5.41) is 6.20. The summed E-state index contributed by atoms with van der Waals surface area (Å²) in [6, 6.07) is 9.73. The molecule has 1 aromatic carbocycles. The lowest BCUT2D eigenvalue weighted by Gasteiger charge is -2.12. The van der Waals surface area contributed by atoms with E-state index >= 15 is 0 Å². The Hall–Kier alpha value is -1.95. The van der Waals surface area contributed by atoms with Crippen molar-refractivity contribution in [3.05, 3.63) is 46.2 Å². The Kier molecular flexibility index (Phi) is 4.91. The van der Waals surface area contributed by atoms with Crippen molar-refractivity contribution in [1.29, 1.82) is 0 Å². The molecule has 0 aliphatic heterocycles. The van der Waals surface area contributed by atoms with Crippen LogP contribution in [0.15, 0.2) is 34.8 Å². The molecule has 0 spiro atoms. The number of nitrogens with one attached hydrogen (secondary N) is 2. The van der Waals surface area contributed by atoms with Gasteiger partial charge < -0.3 is 10.6 Å². The molecule has 5 nitrogen and oxygen atoms in total. The first-order valence-electron chi connectivity index (χ1n) is 7.79. The van der Waals surface area contributed by atoms with E-state index in [0.29, 0.717) is 11.6 Å². The van der Waals surface area contributed by atoms with Gasteiger partial charge in [0.2, 0.25) is 5.95 Å². The molecule has 1 aliphatic carbocycles. The Morgan fingerprint density at radius 2 is 2.00 bits per heavy atom. The van der Waals surface area contributed by atoms with Crippen LogP contribution in [0.5, 0.6) is 0 Å². The van der Waals surface area contributed by atoms with Crippen molar-refractivity contribution in [3.63, 3.8) is 0 Å². The zero-order valence-corrected chi connectivity index (χ0v) is 14.6. The van der Waals surface area contributed by atoms with Crippen LogP contribution in [-0.4, -0.2) is 21.9 Å². The summed E-state index contributed by atoms with van der Waals surface area (Å²) >= 11 is 3.43. The molecule has 2 aromatic rings. The third-order valence-corrected chi connectivity index (χ3v) is 4.35. The number of carbonyl (C=O) groups is 1. The molecular formula is C17H19BrN4O. The smallest absolute Gasteiger partial charge is 0.270 e. The zero-order valence-electron chi connectivity index (χ0n) is 13.0. The van der Waals surface area contributed by atoms with Crippen LogP contribution < -0.4 is 10.6 Å². The van der Waals surface area contributed by atoms with Crippen molar-refractivity contribution in [1.82, 2.24) is 15.3 Å². The third kappa shape index (κ3) is 4.28. The molecule has 0 unspecified atom stereocenters. The topological polar surface area (TPSA) is 66.9 Å². The fourth-order valence-electron chi connectivity index (χ4n) is 2.77. The summed E-state index contributed by atoms with van der Waals surface area (Å²) in [5.41, 5.74) is 2.03. The largest absolute Gasteiger partial charge is 0.348 e. The van der Waals surface area contributed by atoms with Crippen LogP contribution in [0.4, 0.5) is 11.6 Å². The Bertz CT molecular complexity index is 713. The second kappa shape index (κ2) is 7.08. The summed E-state index contributed by atoms with van der Waals surface area (Å²) in [7, 11) is 0. The van der Waals surface area contributed by atoms with Crippen LogP contribution >= 0.6 is 15.9 Å². The van der Waals surface area contributed by atoms with Crippen molar-refractivity contribution in [3.8, 4) is 0 Å². The number of benzene rings is 1. The number of aryl methyl sites for hydroxylation is 1. The van der Waals surface area contributed by atoms with Gasteiger partial charge in [-0.1, -0.05) is 34.8 Å². The van der Waals surface area contributed by atoms with Gasteiger partial charge in [-0.25, -0.2) is 9.97 Å². The van der Waals surface area contributed by atoms with E-state index in [-0.39, 0.29) is 11.9 Å². The second-order valence-electron chi connectivity index (χ2n) is 5.81.